The molecule has 6 heteroatoms. The largest absolute Gasteiger partial charge is 0.481 e. The van der Waals surface area contributed by atoms with Crippen molar-refractivity contribution < 1.29 is 14.1 Å². The lowest BCUT2D eigenvalue weighted by molar-refractivity contribution is -0.138. The van der Waals surface area contributed by atoms with Crippen molar-refractivity contribution >= 4 is 16.8 Å². The number of aromatic nitrogens is 2. The zero-order valence-corrected chi connectivity index (χ0v) is 12.9. The summed E-state index contributed by atoms with van der Waals surface area (Å²) in [4.78, 5) is 10.8. The maximum absolute atomic E-state index is 12.2. The molecule has 0 amide bonds. The van der Waals surface area contributed by atoms with E-state index in [1.54, 1.807) is 0 Å². The zero-order chi connectivity index (χ0) is 14.8. The van der Waals surface area contributed by atoms with Crippen molar-refractivity contribution in [1.29, 1.82) is 0 Å². The number of rotatable bonds is 8. The van der Waals surface area contributed by atoms with E-state index >= 15 is 0 Å². The average Bonchev–Trinajstić information content (AvgIpc) is 2.94. The first-order chi connectivity index (χ1) is 9.44. The number of nitrogens with zero attached hydrogens (tertiary/aromatic N) is 2. The predicted octanol–water partition coefficient (Wildman–Crippen LogP) is 2.36. The van der Waals surface area contributed by atoms with E-state index in [4.69, 9.17) is 5.11 Å². The first-order valence-electron chi connectivity index (χ1n) is 7.05. The molecule has 1 aromatic rings. The predicted molar refractivity (Wildman–Crippen MR) is 77.9 cm³/mol. The van der Waals surface area contributed by atoms with Crippen LogP contribution in [-0.2, 0) is 21.3 Å². The molecule has 5 nitrogen and oxygen atoms in total. The van der Waals surface area contributed by atoms with Gasteiger partial charge in [0.25, 0.3) is 0 Å². The van der Waals surface area contributed by atoms with Gasteiger partial charge in [0.1, 0.15) is 0 Å². The van der Waals surface area contributed by atoms with Crippen molar-refractivity contribution in [3.05, 3.63) is 18.0 Å². The molecule has 0 radical (unpaired) electrons. The molecule has 1 aliphatic carbocycles. The summed E-state index contributed by atoms with van der Waals surface area (Å²) in [6, 6.07) is 2.25. The highest BCUT2D eigenvalue weighted by molar-refractivity contribution is 7.84. The Morgan fingerprint density at radius 2 is 2.30 bits per heavy atom. The highest BCUT2D eigenvalue weighted by Crippen LogP contribution is 2.49. The summed E-state index contributed by atoms with van der Waals surface area (Å²) in [5.74, 6) is 0.112. The number of carboxylic acids is 1. The van der Waals surface area contributed by atoms with Crippen LogP contribution < -0.4 is 0 Å². The second-order valence-electron chi connectivity index (χ2n) is 5.84. The monoisotopic (exact) mass is 298 g/mol. The molecule has 0 spiro atoms. The van der Waals surface area contributed by atoms with Gasteiger partial charge in [0.2, 0.25) is 0 Å². The van der Waals surface area contributed by atoms with Crippen LogP contribution in [0.3, 0.4) is 0 Å². The second kappa shape index (κ2) is 6.08. The summed E-state index contributed by atoms with van der Waals surface area (Å²) >= 11 is 0. The van der Waals surface area contributed by atoms with E-state index in [-0.39, 0.29) is 11.8 Å². The summed E-state index contributed by atoms with van der Waals surface area (Å²) in [7, 11) is -1.04. The Kier molecular flexibility index (Phi) is 4.62. The minimum Gasteiger partial charge on any atom is -0.481 e. The molecule has 1 heterocycles. The van der Waals surface area contributed by atoms with Crippen molar-refractivity contribution in [2.45, 2.75) is 51.3 Å². The van der Waals surface area contributed by atoms with Gasteiger partial charge in [-0.15, -0.1) is 0 Å². The maximum atomic E-state index is 12.2. The Labute approximate surface area is 121 Å². The Morgan fingerprint density at radius 1 is 1.60 bits per heavy atom. The fourth-order valence-corrected chi connectivity index (χ4v) is 3.97. The molecule has 1 aromatic heterocycles. The summed E-state index contributed by atoms with van der Waals surface area (Å²) in [5, 5.41) is 13.3. The van der Waals surface area contributed by atoms with E-state index < -0.39 is 16.8 Å². The van der Waals surface area contributed by atoms with Gasteiger partial charge in [-0.05, 0) is 37.7 Å². The molecular weight excluding hydrogens is 276 g/mol. The normalized spacial score (nSPS) is 19.5. The van der Waals surface area contributed by atoms with Crippen LogP contribution in [0.2, 0.25) is 0 Å². The Balaban J connectivity index is 1.89. The second-order valence-corrected chi connectivity index (χ2v) is 7.30. The van der Waals surface area contributed by atoms with Crippen LogP contribution in [0.15, 0.2) is 12.3 Å². The number of hydrogen-bond donors (Lipinski definition) is 1. The molecule has 2 unspecified atom stereocenters. The fourth-order valence-electron chi connectivity index (χ4n) is 2.31. The Bertz CT molecular complexity index is 508. The molecule has 2 rings (SSSR count). The van der Waals surface area contributed by atoms with Crippen molar-refractivity contribution in [2.75, 3.05) is 5.75 Å². The molecule has 1 aliphatic rings. The molecule has 0 aliphatic heterocycles. The van der Waals surface area contributed by atoms with E-state index in [9.17, 15) is 9.00 Å². The van der Waals surface area contributed by atoms with Crippen LogP contribution in [0, 0.1) is 5.41 Å². The average molecular weight is 298 g/mol. The summed E-state index contributed by atoms with van der Waals surface area (Å²) in [6.45, 7) is 4.20. The van der Waals surface area contributed by atoms with Gasteiger partial charge in [0.15, 0.2) is 0 Å². The maximum Gasteiger partial charge on any atom is 0.303 e. The van der Waals surface area contributed by atoms with E-state index in [0.717, 1.165) is 25.0 Å². The SMILES string of the molecule is CCC(C)n1ccc(CS(=O)CC2(CC(=O)O)CC2)n1. The van der Waals surface area contributed by atoms with Crippen LogP contribution in [0.1, 0.15) is 51.3 Å². The molecule has 1 fully saturated rings. The molecule has 0 bridgehead atoms. The molecule has 20 heavy (non-hydrogen) atoms. The van der Waals surface area contributed by atoms with Gasteiger partial charge in [0.05, 0.1) is 17.9 Å². The number of carbonyl (C=O) groups is 1. The van der Waals surface area contributed by atoms with Crippen LogP contribution >= 0.6 is 0 Å². The third-order valence-electron chi connectivity index (χ3n) is 3.97. The lowest BCUT2D eigenvalue weighted by Crippen LogP contribution is -2.17. The molecule has 0 aromatic carbocycles. The molecule has 1 N–H and O–H groups in total. The zero-order valence-electron chi connectivity index (χ0n) is 12.0. The molecule has 2 atom stereocenters. The lowest BCUT2D eigenvalue weighted by atomic mass is 10.1. The van der Waals surface area contributed by atoms with Crippen molar-refractivity contribution in [2.24, 2.45) is 5.41 Å². The van der Waals surface area contributed by atoms with Crippen LogP contribution in [0.5, 0.6) is 0 Å². The minimum atomic E-state index is -1.04. The molecular formula is C14H22N2O3S. The fraction of sp³-hybridized carbons (Fsp3) is 0.714. The number of aliphatic carboxylic acids is 1. The van der Waals surface area contributed by atoms with Crippen LogP contribution in [-0.4, -0.2) is 30.8 Å². The third-order valence-corrected chi connectivity index (χ3v) is 5.52. The van der Waals surface area contributed by atoms with E-state index in [1.807, 2.05) is 16.9 Å². The third kappa shape index (κ3) is 3.91. The standard InChI is InChI=1S/C14H22N2O3S/c1-3-11(2)16-7-4-12(15-16)9-20(19)10-14(5-6-14)8-13(17)18/h4,7,11H,3,5-6,8-10H2,1-2H3,(H,17,18). The highest BCUT2D eigenvalue weighted by Gasteiger charge is 2.45. The minimum absolute atomic E-state index is 0.139. The Hall–Kier alpha value is -1.17. The molecule has 1 saturated carbocycles. The van der Waals surface area contributed by atoms with Gasteiger partial charge < -0.3 is 5.11 Å². The van der Waals surface area contributed by atoms with E-state index in [0.29, 0.717) is 17.5 Å². The summed E-state index contributed by atoms with van der Waals surface area (Å²) in [5.41, 5.74) is 0.616. The Morgan fingerprint density at radius 3 is 2.85 bits per heavy atom. The molecule has 0 saturated heterocycles. The summed E-state index contributed by atoms with van der Waals surface area (Å²) in [6.07, 6.45) is 4.83. The quantitative estimate of drug-likeness (QED) is 0.799. The smallest absolute Gasteiger partial charge is 0.303 e. The van der Waals surface area contributed by atoms with Crippen LogP contribution in [0.4, 0.5) is 0 Å². The van der Waals surface area contributed by atoms with Crippen molar-refractivity contribution in [3.8, 4) is 0 Å². The summed E-state index contributed by atoms with van der Waals surface area (Å²) < 4.78 is 14.1. The van der Waals surface area contributed by atoms with Gasteiger partial charge in [-0.3, -0.25) is 13.7 Å². The first-order valence-corrected chi connectivity index (χ1v) is 8.54. The van der Waals surface area contributed by atoms with Gasteiger partial charge >= 0.3 is 5.97 Å². The number of hydrogen-bond acceptors (Lipinski definition) is 3. The number of carboxylic acid groups (broad SMARTS) is 1. The van der Waals surface area contributed by atoms with Crippen molar-refractivity contribution in [3.63, 3.8) is 0 Å². The van der Waals surface area contributed by atoms with Crippen molar-refractivity contribution in [1.82, 2.24) is 9.78 Å². The van der Waals surface area contributed by atoms with Gasteiger partial charge in [0, 0.05) is 28.8 Å². The first kappa shape index (κ1) is 15.2. The van der Waals surface area contributed by atoms with Gasteiger partial charge in [-0.1, -0.05) is 6.92 Å². The lowest BCUT2D eigenvalue weighted by Gasteiger charge is -2.11. The van der Waals surface area contributed by atoms with Crippen LogP contribution in [0.25, 0.3) is 0 Å². The van der Waals surface area contributed by atoms with Gasteiger partial charge in [-0.25, -0.2) is 0 Å². The van der Waals surface area contributed by atoms with E-state index in [1.165, 1.54) is 0 Å². The topological polar surface area (TPSA) is 72.2 Å². The van der Waals surface area contributed by atoms with Gasteiger partial charge in [-0.2, -0.15) is 5.10 Å². The van der Waals surface area contributed by atoms with E-state index in [2.05, 4.69) is 18.9 Å². The molecule has 112 valence electrons. The highest BCUT2D eigenvalue weighted by atomic mass is 32.2.